The number of nitrogens with zero attached hydrogens (tertiary/aromatic N) is 2. The number of benzene rings is 6. The van der Waals surface area contributed by atoms with Crippen LogP contribution in [0.2, 0.25) is 0 Å². The Morgan fingerprint density at radius 2 is 0.830 bits per heavy atom. The lowest BCUT2D eigenvalue weighted by atomic mass is 9.98. The molecule has 9 rings (SSSR count). The van der Waals surface area contributed by atoms with E-state index in [9.17, 15) is 0 Å². The second kappa shape index (κ2) is 10.9. The van der Waals surface area contributed by atoms with Crippen LogP contribution in [0.25, 0.3) is 44.8 Å². The third-order valence-electron chi connectivity index (χ3n) is 8.61. The lowest BCUT2D eigenvalue weighted by Crippen LogP contribution is -2.04. The van der Waals surface area contributed by atoms with Crippen LogP contribution < -0.4 is 20.1 Å². The molecule has 2 N–H and O–H groups in total. The fraction of sp³-hybridized carbons (Fsp3) is 0.0244. The largest absolute Gasteiger partial charge is 0.453 e. The van der Waals surface area contributed by atoms with Crippen LogP contribution in [0.5, 0.6) is 23.0 Å². The minimum Gasteiger partial charge on any atom is -0.453 e. The Morgan fingerprint density at radius 3 is 1.30 bits per heavy atom. The van der Waals surface area contributed by atoms with E-state index in [0.717, 1.165) is 96.3 Å². The van der Waals surface area contributed by atoms with E-state index in [1.165, 1.54) is 0 Å². The topological polar surface area (TPSA) is 68.3 Å². The minimum absolute atomic E-state index is 0.722. The van der Waals surface area contributed by atoms with Crippen molar-refractivity contribution in [2.45, 2.75) is 6.92 Å². The van der Waals surface area contributed by atoms with Gasteiger partial charge in [0.05, 0.1) is 34.1 Å². The third kappa shape index (κ3) is 4.84. The summed E-state index contributed by atoms with van der Waals surface area (Å²) < 4.78 is 12.4. The highest BCUT2D eigenvalue weighted by atomic mass is 16.5. The first-order valence-corrected chi connectivity index (χ1v) is 15.6. The van der Waals surface area contributed by atoms with Gasteiger partial charge in [0.1, 0.15) is 5.82 Å². The third-order valence-corrected chi connectivity index (χ3v) is 8.61. The fourth-order valence-electron chi connectivity index (χ4n) is 6.30. The molecule has 0 saturated carbocycles. The summed E-state index contributed by atoms with van der Waals surface area (Å²) >= 11 is 0. The summed E-state index contributed by atoms with van der Waals surface area (Å²) in [5, 5.41) is 7.13. The number of hydrogen-bond acceptors (Lipinski definition) is 6. The summed E-state index contributed by atoms with van der Waals surface area (Å²) in [5.74, 6) is 4.01. The number of aryl methyl sites for hydroxylation is 1. The van der Waals surface area contributed by atoms with Gasteiger partial charge < -0.3 is 20.1 Å². The molecule has 6 heteroatoms. The van der Waals surface area contributed by atoms with Crippen molar-refractivity contribution < 1.29 is 9.47 Å². The Morgan fingerprint density at radius 1 is 0.426 bits per heavy atom. The van der Waals surface area contributed by atoms with Crippen molar-refractivity contribution >= 4 is 22.7 Å². The van der Waals surface area contributed by atoms with E-state index in [4.69, 9.17) is 19.4 Å². The number of aromatic nitrogens is 2. The standard InChI is InChI=1S/C41H28N4O2/c1-25-42-34(28-20-16-26(17-21-28)30-8-6-14-38-40(30)44-32-10-2-4-12-36(32)46-38)24-35(43-25)29-22-18-27(19-23-29)31-9-7-15-39-41(31)45-33-11-3-5-13-37(33)47-39/h2-24,44-45H,1H3. The normalized spacial score (nSPS) is 12.2. The Hall–Kier alpha value is -6.40. The Labute approximate surface area is 272 Å². The number of fused-ring (bicyclic) bond motifs is 4. The zero-order valence-corrected chi connectivity index (χ0v) is 25.5. The Kier molecular flexibility index (Phi) is 6.25. The lowest BCUT2D eigenvalue weighted by Gasteiger charge is -2.24. The molecule has 0 atom stereocenters. The van der Waals surface area contributed by atoms with Gasteiger partial charge in [0.2, 0.25) is 0 Å². The van der Waals surface area contributed by atoms with Gasteiger partial charge in [0.25, 0.3) is 0 Å². The number of ether oxygens (including phenoxy) is 2. The zero-order chi connectivity index (χ0) is 31.3. The highest BCUT2D eigenvalue weighted by molar-refractivity contribution is 5.90. The van der Waals surface area contributed by atoms with Crippen molar-refractivity contribution in [3.63, 3.8) is 0 Å². The molecule has 0 fully saturated rings. The second-order valence-corrected chi connectivity index (χ2v) is 11.6. The molecular weight excluding hydrogens is 580 g/mol. The second-order valence-electron chi connectivity index (χ2n) is 11.6. The van der Waals surface area contributed by atoms with E-state index in [0.29, 0.717) is 0 Å². The van der Waals surface area contributed by atoms with E-state index >= 15 is 0 Å². The maximum Gasteiger partial charge on any atom is 0.151 e. The van der Waals surface area contributed by atoms with Crippen molar-refractivity contribution in [2.24, 2.45) is 0 Å². The molecule has 2 aliphatic rings. The maximum absolute atomic E-state index is 6.18. The highest BCUT2D eigenvalue weighted by Gasteiger charge is 2.21. The SMILES string of the molecule is Cc1nc(-c2ccc(-c3cccc4c3Nc3ccccc3O4)cc2)cc(-c2ccc(-c3cccc4c3Nc3ccccc3O4)cc2)n1. The van der Waals surface area contributed by atoms with Crippen LogP contribution in [0.3, 0.4) is 0 Å². The molecule has 0 bridgehead atoms. The summed E-state index contributed by atoms with van der Waals surface area (Å²) in [4.78, 5) is 9.59. The van der Waals surface area contributed by atoms with Gasteiger partial charge in [0.15, 0.2) is 23.0 Å². The van der Waals surface area contributed by atoms with Gasteiger partial charge in [-0.15, -0.1) is 0 Å². The predicted molar refractivity (Wildman–Crippen MR) is 188 cm³/mol. The quantitative estimate of drug-likeness (QED) is 0.207. The average molecular weight is 609 g/mol. The molecule has 224 valence electrons. The predicted octanol–water partition coefficient (Wildman–Crippen LogP) is 11.2. The first-order chi connectivity index (χ1) is 23.2. The van der Waals surface area contributed by atoms with Crippen molar-refractivity contribution in [1.82, 2.24) is 9.97 Å². The number of hydrogen-bond donors (Lipinski definition) is 2. The molecule has 0 unspecified atom stereocenters. The van der Waals surface area contributed by atoms with Crippen molar-refractivity contribution in [2.75, 3.05) is 10.6 Å². The molecule has 2 aliphatic heterocycles. The van der Waals surface area contributed by atoms with Crippen LogP contribution in [0.4, 0.5) is 22.7 Å². The molecule has 0 amide bonds. The van der Waals surface area contributed by atoms with Crippen LogP contribution in [0, 0.1) is 6.92 Å². The smallest absolute Gasteiger partial charge is 0.151 e. The molecule has 0 aliphatic carbocycles. The van der Waals surface area contributed by atoms with E-state index in [-0.39, 0.29) is 0 Å². The van der Waals surface area contributed by atoms with Gasteiger partial charge in [-0.2, -0.15) is 0 Å². The lowest BCUT2D eigenvalue weighted by molar-refractivity contribution is 0.481. The molecule has 0 saturated heterocycles. The van der Waals surface area contributed by atoms with E-state index in [1.807, 2.05) is 79.7 Å². The summed E-state index contributed by atoms with van der Waals surface area (Å²) in [6.07, 6.45) is 0. The van der Waals surface area contributed by atoms with E-state index in [2.05, 4.69) is 77.4 Å². The van der Waals surface area contributed by atoms with Crippen LogP contribution >= 0.6 is 0 Å². The first kappa shape index (κ1) is 27.0. The average Bonchev–Trinajstić information content (AvgIpc) is 3.12. The fourth-order valence-corrected chi connectivity index (χ4v) is 6.30. The van der Waals surface area contributed by atoms with Gasteiger partial charge >= 0.3 is 0 Å². The van der Waals surface area contributed by atoms with Gasteiger partial charge in [0, 0.05) is 22.3 Å². The zero-order valence-electron chi connectivity index (χ0n) is 25.5. The molecule has 6 aromatic carbocycles. The first-order valence-electron chi connectivity index (χ1n) is 15.6. The maximum atomic E-state index is 6.18. The molecule has 6 nitrogen and oxygen atoms in total. The van der Waals surface area contributed by atoms with E-state index < -0.39 is 0 Å². The summed E-state index contributed by atoms with van der Waals surface area (Å²) in [5.41, 5.74) is 12.0. The van der Waals surface area contributed by atoms with Crippen LogP contribution in [-0.4, -0.2) is 9.97 Å². The minimum atomic E-state index is 0.722. The van der Waals surface area contributed by atoms with Crippen molar-refractivity contribution in [3.8, 4) is 67.8 Å². The summed E-state index contributed by atoms with van der Waals surface area (Å²) in [6, 6.07) is 47.3. The highest BCUT2D eigenvalue weighted by Crippen LogP contribution is 2.48. The molecule has 47 heavy (non-hydrogen) atoms. The van der Waals surface area contributed by atoms with Crippen molar-refractivity contribution in [1.29, 1.82) is 0 Å². The Balaban J connectivity index is 0.994. The van der Waals surface area contributed by atoms with Crippen LogP contribution in [0.15, 0.2) is 140 Å². The van der Waals surface area contributed by atoms with Gasteiger partial charge in [-0.1, -0.05) is 97.1 Å². The number of para-hydroxylation sites is 6. The van der Waals surface area contributed by atoms with Gasteiger partial charge in [-0.25, -0.2) is 9.97 Å². The summed E-state index contributed by atoms with van der Waals surface area (Å²) in [6.45, 7) is 1.94. The van der Waals surface area contributed by atoms with E-state index in [1.54, 1.807) is 0 Å². The molecule has 0 spiro atoms. The number of rotatable bonds is 4. The molecular formula is C41H28N4O2. The number of anilines is 4. The summed E-state index contributed by atoms with van der Waals surface area (Å²) in [7, 11) is 0. The molecule has 0 radical (unpaired) electrons. The molecule has 1 aromatic heterocycles. The number of nitrogens with one attached hydrogen (secondary N) is 2. The van der Waals surface area contributed by atoms with Crippen LogP contribution in [0.1, 0.15) is 5.82 Å². The molecule has 7 aromatic rings. The van der Waals surface area contributed by atoms with Gasteiger partial charge in [-0.3, -0.25) is 0 Å². The monoisotopic (exact) mass is 608 g/mol. The Bertz CT molecular complexity index is 2150. The van der Waals surface area contributed by atoms with Crippen LogP contribution in [-0.2, 0) is 0 Å². The molecule has 3 heterocycles. The van der Waals surface area contributed by atoms with Crippen molar-refractivity contribution in [3.05, 3.63) is 145 Å². The van der Waals surface area contributed by atoms with Gasteiger partial charge in [-0.05, 0) is 60.5 Å².